The normalized spacial score (nSPS) is 36.2. The average Bonchev–Trinajstić information content (AvgIpc) is 2.45. The fraction of sp³-hybridized carbons (Fsp3) is 0.636. The van der Waals surface area contributed by atoms with E-state index in [0.717, 1.165) is 11.8 Å². The van der Waals surface area contributed by atoms with Crippen molar-refractivity contribution in [3.8, 4) is 0 Å². The highest BCUT2D eigenvalue weighted by molar-refractivity contribution is 5.29. The first-order valence-electron chi connectivity index (χ1n) is 4.66. The summed E-state index contributed by atoms with van der Waals surface area (Å²) >= 11 is 0. The molecule has 2 unspecified atom stereocenters. The Morgan fingerprint density at radius 3 is 3.00 bits per heavy atom. The van der Waals surface area contributed by atoms with Crippen LogP contribution in [-0.4, -0.2) is 0 Å². The molecule has 0 radical (unpaired) electrons. The molecular formula is C11H16. The minimum absolute atomic E-state index is 0.817. The quantitative estimate of drug-likeness (QED) is 0.494. The highest BCUT2D eigenvalue weighted by Gasteiger charge is 2.28. The van der Waals surface area contributed by atoms with Gasteiger partial charge in [0.15, 0.2) is 0 Å². The largest absolute Gasteiger partial charge is 0.0699 e. The maximum Gasteiger partial charge on any atom is -0.0137 e. The van der Waals surface area contributed by atoms with Crippen molar-refractivity contribution in [1.29, 1.82) is 0 Å². The Morgan fingerprint density at radius 2 is 2.18 bits per heavy atom. The van der Waals surface area contributed by atoms with Crippen molar-refractivity contribution in [3.05, 3.63) is 23.3 Å². The maximum absolute atomic E-state index is 2.37. The van der Waals surface area contributed by atoms with E-state index in [9.17, 15) is 0 Å². The Hall–Kier alpha value is -0.520. The minimum Gasteiger partial charge on any atom is -0.0699 e. The fourth-order valence-electron chi connectivity index (χ4n) is 2.38. The van der Waals surface area contributed by atoms with E-state index in [4.69, 9.17) is 0 Å². The van der Waals surface area contributed by atoms with Crippen LogP contribution < -0.4 is 0 Å². The lowest BCUT2D eigenvalue weighted by atomic mass is 9.81. The second-order valence-electron chi connectivity index (χ2n) is 3.94. The lowest BCUT2D eigenvalue weighted by molar-refractivity contribution is 0.468. The van der Waals surface area contributed by atoms with Gasteiger partial charge in [-0.05, 0) is 38.0 Å². The second-order valence-corrected chi connectivity index (χ2v) is 3.94. The molecule has 2 rings (SSSR count). The van der Waals surface area contributed by atoms with Crippen molar-refractivity contribution in [3.63, 3.8) is 0 Å². The summed E-state index contributed by atoms with van der Waals surface area (Å²) in [5.74, 6) is 1.72. The van der Waals surface area contributed by atoms with Crippen molar-refractivity contribution in [2.45, 2.75) is 33.1 Å². The Balaban J connectivity index is 2.29. The van der Waals surface area contributed by atoms with E-state index in [1.165, 1.54) is 19.3 Å². The summed E-state index contributed by atoms with van der Waals surface area (Å²) in [5, 5.41) is 0. The Kier molecular flexibility index (Phi) is 1.63. The first kappa shape index (κ1) is 7.15. The molecule has 2 aliphatic carbocycles. The van der Waals surface area contributed by atoms with E-state index in [1.54, 1.807) is 11.1 Å². The highest BCUT2D eigenvalue weighted by Crippen LogP contribution is 2.41. The van der Waals surface area contributed by atoms with Gasteiger partial charge in [0, 0.05) is 0 Å². The van der Waals surface area contributed by atoms with Crippen LogP contribution >= 0.6 is 0 Å². The number of rotatable bonds is 0. The summed E-state index contributed by atoms with van der Waals surface area (Å²) < 4.78 is 0. The van der Waals surface area contributed by atoms with Crippen LogP contribution in [0.5, 0.6) is 0 Å². The number of allylic oxidation sites excluding steroid dienone is 4. The molecule has 0 aromatic carbocycles. The summed E-state index contributed by atoms with van der Waals surface area (Å²) in [6, 6.07) is 0. The first-order chi connectivity index (χ1) is 5.29. The van der Waals surface area contributed by atoms with Crippen LogP contribution in [0.4, 0.5) is 0 Å². The predicted octanol–water partition coefficient (Wildman–Crippen LogP) is 3.31. The van der Waals surface area contributed by atoms with E-state index in [-0.39, 0.29) is 0 Å². The SMILES string of the molecule is CC1=CC=C2CCCC2C1C. The Labute approximate surface area is 69.0 Å². The summed E-state index contributed by atoms with van der Waals surface area (Å²) in [6.45, 7) is 4.63. The second kappa shape index (κ2) is 2.51. The summed E-state index contributed by atoms with van der Waals surface area (Å²) in [4.78, 5) is 0. The molecule has 0 aromatic rings. The smallest absolute Gasteiger partial charge is 0.0137 e. The molecule has 0 spiro atoms. The molecule has 0 heterocycles. The lowest BCUT2D eigenvalue weighted by Gasteiger charge is -2.24. The fourth-order valence-corrected chi connectivity index (χ4v) is 2.38. The van der Waals surface area contributed by atoms with Crippen LogP contribution in [0, 0.1) is 11.8 Å². The highest BCUT2D eigenvalue weighted by atomic mass is 14.3. The van der Waals surface area contributed by atoms with E-state index in [2.05, 4.69) is 26.0 Å². The zero-order chi connectivity index (χ0) is 7.84. The van der Waals surface area contributed by atoms with Gasteiger partial charge in [0.2, 0.25) is 0 Å². The van der Waals surface area contributed by atoms with E-state index in [1.807, 2.05) is 0 Å². The molecule has 1 saturated carbocycles. The van der Waals surface area contributed by atoms with E-state index in [0.29, 0.717) is 0 Å². The van der Waals surface area contributed by atoms with Crippen LogP contribution in [0.1, 0.15) is 33.1 Å². The standard InChI is InChI=1S/C11H16/c1-8-6-7-10-4-3-5-11(10)9(8)2/h6-7,9,11H,3-5H2,1-2H3. The molecule has 0 aromatic heterocycles. The average molecular weight is 148 g/mol. The lowest BCUT2D eigenvalue weighted by Crippen LogP contribution is -2.13. The van der Waals surface area contributed by atoms with Gasteiger partial charge in [0.25, 0.3) is 0 Å². The number of hydrogen-bond acceptors (Lipinski definition) is 0. The molecule has 0 saturated heterocycles. The number of fused-ring (bicyclic) bond motifs is 1. The molecule has 0 amide bonds. The van der Waals surface area contributed by atoms with E-state index < -0.39 is 0 Å². The molecule has 0 N–H and O–H groups in total. The third kappa shape index (κ3) is 1.05. The van der Waals surface area contributed by atoms with Crippen LogP contribution in [0.25, 0.3) is 0 Å². The topological polar surface area (TPSA) is 0 Å². The Morgan fingerprint density at radius 1 is 1.36 bits per heavy atom. The van der Waals surface area contributed by atoms with Gasteiger partial charge >= 0.3 is 0 Å². The van der Waals surface area contributed by atoms with Gasteiger partial charge in [-0.3, -0.25) is 0 Å². The third-order valence-corrected chi connectivity index (χ3v) is 3.34. The zero-order valence-corrected chi connectivity index (χ0v) is 7.43. The Bertz CT molecular complexity index is 220. The number of hydrogen-bond donors (Lipinski definition) is 0. The molecule has 11 heavy (non-hydrogen) atoms. The molecular weight excluding hydrogens is 132 g/mol. The molecule has 1 fully saturated rings. The van der Waals surface area contributed by atoms with Gasteiger partial charge in [-0.15, -0.1) is 0 Å². The summed E-state index contributed by atoms with van der Waals surface area (Å²) in [6.07, 6.45) is 8.87. The monoisotopic (exact) mass is 148 g/mol. The van der Waals surface area contributed by atoms with Crippen molar-refractivity contribution in [2.75, 3.05) is 0 Å². The molecule has 0 bridgehead atoms. The summed E-state index contributed by atoms with van der Waals surface area (Å²) in [7, 11) is 0. The van der Waals surface area contributed by atoms with E-state index >= 15 is 0 Å². The van der Waals surface area contributed by atoms with Gasteiger partial charge in [-0.2, -0.15) is 0 Å². The van der Waals surface area contributed by atoms with Crippen LogP contribution in [-0.2, 0) is 0 Å². The third-order valence-electron chi connectivity index (χ3n) is 3.34. The van der Waals surface area contributed by atoms with Crippen molar-refractivity contribution < 1.29 is 0 Å². The predicted molar refractivity (Wildman–Crippen MR) is 48.3 cm³/mol. The van der Waals surface area contributed by atoms with Gasteiger partial charge in [0.05, 0.1) is 0 Å². The van der Waals surface area contributed by atoms with Crippen molar-refractivity contribution in [2.24, 2.45) is 11.8 Å². The molecule has 2 aliphatic rings. The van der Waals surface area contributed by atoms with Gasteiger partial charge < -0.3 is 0 Å². The van der Waals surface area contributed by atoms with Gasteiger partial charge in [0.1, 0.15) is 0 Å². The molecule has 60 valence electrons. The zero-order valence-electron chi connectivity index (χ0n) is 7.43. The summed E-state index contributed by atoms with van der Waals surface area (Å²) in [5.41, 5.74) is 3.28. The van der Waals surface area contributed by atoms with Crippen molar-refractivity contribution >= 4 is 0 Å². The van der Waals surface area contributed by atoms with Crippen molar-refractivity contribution in [1.82, 2.24) is 0 Å². The first-order valence-corrected chi connectivity index (χ1v) is 4.66. The maximum atomic E-state index is 2.37. The molecule has 2 atom stereocenters. The van der Waals surface area contributed by atoms with Gasteiger partial charge in [-0.25, -0.2) is 0 Å². The minimum atomic E-state index is 0.817. The van der Waals surface area contributed by atoms with Gasteiger partial charge in [-0.1, -0.05) is 30.2 Å². The van der Waals surface area contributed by atoms with Crippen LogP contribution in [0.2, 0.25) is 0 Å². The molecule has 0 heteroatoms. The van der Waals surface area contributed by atoms with Crippen LogP contribution in [0.15, 0.2) is 23.3 Å². The molecule has 0 aliphatic heterocycles. The van der Waals surface area contributed by atoms with Crippen LogP contribution in [0.3, 0.4) is 0 Å². The molecule has 0 nitrogen and oxygen atoms in total.